The summed E-state index contributed by atoms with van der Waals surface area (Å²) in [6.45, 7) is 0.311. The van der Waals surface area contributed by atoms with E-state index < -0.39 is 0 Å². The zero-order chi connectivity index (χ0) is 12.3. The number of nitrogens with two attached hydrogens (primary N) is 1. The minimum atomic E-state index is 0.311. The molecule has 0 aliphatic rings. The highest BCUT2D eigenvalue weighted by Gasteiger charge is 2.03. The number of rotatable bonds is 3. The molecule has 0 amide bonds. The maximum absolute atomic E-state index is 5.87. The van der Waals surface area contributed by atoms with E-state index in [2.05, 4.69) is 9.97 Å². The van der Waals surface area contributed by atoms with Gasteiger partial charge in [-0.3, -0.25) is 4.98 Å². The fourth-order valence-corrected chi connectivity index (χ4v) is 1.48. The summed E-state index contributed by atoms with van der Waals surface area (Å²) in [5, 5.41) is 0.896. The molecular weight excluding hydrogens is 261 g/mol. The SMILES string of the molecule is NCc1cncc(Oc2ccc(Cl)c(Cl)c2)n1. The maximum Gasteiger partial charge on any atom is 0.238 e. The van der Waals surface area contributed by atoms with Crippen LogP contribution >= 0.6 is 23.2 Å². The van der Waals surface area contributed by atoms with Crippen molar-refractivity contribution in [2.45, 2.75) is 6.54 Å². The maximum atomic E-state index is 5.87. The topological polar surface area (TPSA) is 61.0 Å². The minimum absolute atomic E-state index is 0.311. The number of hydrogen-bond acceptors (Lipinski definition) is 4. The Bertz CT molecular complexity index is 534. The number of halogens is 2. The molecule has 0 spiro atoms. The molecule has 0 atom stereocenters. The fraction of sp³-hybridized carbons (Fsp3) is 0.0909. The van der Waals surface area contributed by atoms with E-state index in [1.165, 1.54) is 6.20 Å². The second-order valence-corrected chi connectivity index (χ2v) is 4.05. The number of aromatic nitrogens is 2. The highest BCUT2D eigenvalue weighted by Crippen LogP contribution is 2.28. The van der Waals surface area contributed by atoms with Gasteiger partial charge in [-0.1, -0.05) is 23.2 Å². The van der Waals surface area contributed by atoms with Crippen molar-refractivity contribution in [1.82, 2.24) is 9.97 Å². The molecule has 1 aromatic carbocycles. The zero-order valence-electron chi connectivity index (χ0n) is 8.73. The van der Waals surface area contributed by atoms with Crippen LogP contribution in [0, 0.1) is 0 Å². The monoisotopic (exact) mass is 269 g/mol. The van der Waals surface area contributed by atoms with Gasteiger partial charge in [0.05, 0.1) is 21.9 Å². The quantitative estimate of drug-likeness (QED) is 0.931. The van der Waals surface area contributed by atoms with Crippen LogP contribution in [0.5, 0.6) is 11.6 Å². The van der Waals surface area contributed by atoms with E-state index in [-0.39, 0.29) is 0 Å². The lowest BCUT2D eigenvalue weighted by molar-refractivity contribution is 0.457. The van der Waals surface area contributed by atoms with Crippen LogP contribution in [0.3, 0.4) is 0 Å². The van der Waals surface area contributed by atoms with Crippen LogP contribution < -0.4 is 10.5 Å². The Hall–Kier alpha value is -1.36. The van der Waals surface area contributed by atoms with Crippen molar-refractivity contribution in [3.05, 3.63) is 46.3 Å². The van der Waals surface area contributed by atoms with Gasteiger partial charge < -0.3 is 10.5 Å². The molecule has 0 saturated carbocycles. The first-order valence-corrected chi connectivity index (χ1v) is 5.58. The smallest absolute Gasteiger partial charge is 0.238 e. The van der Waals surface area contributed by atoms with Crippen molar-refractivity contribution >= 4 is 23.2 Å². The van der Waals surface area contributed by atoms with Gasteiger partial charge in [0, 0.05) is 18.8 Å². The molecule has 6 heteroatoms. The second-order valence-electron chi connectivity index (χ2n) is 3.23. The molecule has 0 aliphatic heterocycles. The predicted octanol–water partition coefficient (Wildman–Crippen LogP) is 3.03. The van der Waals surface area contributed by atoms with Crippen LogP contribution in [-0.2, 0) is 6.54 Å². The molecule has 88 valence electrons. The van der Waals surface area contributed by atoms with Crippen LogP contribution in [0.25, 0.3) is 0 Å². The molecule has 0 radical (unpaired) electrons. The van der Waals surface area contributed by atoms with Gasteiger partial charge in [-0.05, 0) is 12.1 Å². The third-order valence-electron chi connectivity index (χ3n) is 1.98. The minimum Gasteiger partial charge on any atom is -0.437 e. The van der Waals surface area contributed by atoms with Crippen molar-refractivity contribution in [2.24, 2.45) is 5.73 Å². The van der Waals surface area contributed by atoms with Crippen LogP contribution in [0.1, 0.15) is 5.69 Å². The van der Waals surface area contributed by atoms with Crippen molar-refractivity contribution in [1.29, 1.82) is 0 Å². The molecule has 4 nitrogen and oxygen atoms in total. The Morgan fingerprint density at radius 1 is 1.18 bits per heavy atom. The van der Waals surface area contributed by atoms with Crippen molar-refractivity contribution in [3.8, 4) is 11.6 Å². The number of hydrogen-bond donors (Lipinski definition) is 1. The Balaban J connectivity index is 2.22. The Labute approximate surface area is 108 Å². The predicted molar refractivity (Wildman–Crippen MR) is 66.5 cm³/mol. The van der Waals surface area contributed by atoms with Crippen molar-refractivity contribution in [2.75, 3.05) is 0 Å². The van der Waals surface area contributed by atoms with Crippen LogP contribution in [-0.4, -0.2) is 9.97 Å². The van der Waals surface area contributed by atoms with E-state index in [0.717, 1.165) is 0 Å². The lowest BCUT2D eigenvalue weighted by Gasteiger charge is -2.06. The highest BCUT2D eigenvalue weighted by atomic mass is 35.5. The van der Waals surface area contributed by atoms with E-state index in [1.54, 1.807) is 24.4 Å². The van der Waals surface area contributed by atoms with E-state index in [1.807, 2.05) is 0 Å². The lowest BCUT2D eigenvalue weighted by atomic mass is 10.3. The third kappa shape index (κ3) is 3.06. The molecule has 1 aromatic heterocycles. The van der Waals surface area contributed by atoms with Gasteiger partial charge in [-0.15, -0.1) is 0 Å². The van der Waals surface area contributed by atoms with Gasteiger partial charge in [-0.25, -0.2) is 4.98 Å². The highest BCUT2D eigenvalue weighted by molar-refractivity contribution is 6.42. The van der Waals surface area contributed by atoms with Crippen LogP contribution in [0.15, 0.2) is 30.6 Å². The molecule has 0 unspecified atom stereocenters. The Kier molecular flexibility index (Phi) is 3.78. The molecule has 1 heterocycles. The Morgan fingerprint density at radius 3 is 2.71 bits per heavy atom. The normalized spacial score (nSPS) is 10.3. The first kappa shape index (κ1) is 12.1. The van der Waals surface area contributed by atoms with Gasteiger partial charge in [0.2, 0.25) is 5.88 Å². The summed E-state index contributed by atoms with van der Waals surface area (Å²) >= 11 is 11.7. The first-order valence-electron chi connectivity index (χ1n) is 4.83. The van der Waals surface area contributed by atoms with Gasteiger partial charge in [0.25, 0.3) is 0 Å². The number of ether oxygens (including phenoxy) is 1. The fourth-order valence-electron chi connectivity index (χ4n) is 1.19. The first-order chi connectivity index (χ1) is 8.19. The van der Waals surface area contributed by atoms with Crippen molar-refractivity contribution < 1.29 is 4.74 Å². The Morgan fingerprint density at radius 2 is 2.00 bits per heavy atom. The summed E-state index contributed by atoms with van der Waals surface area (Å²) in [4.78, 5) is 8.12. The van der Waals surface area contributed by atoms with Gasteiger partial charge in [0.15, 0.2) is 0 Å². The average molecular weight is 270 g/mol. The molecule has 17 heavy (non-hydrogen) atoms. The summed E-state index contributed by atoms with van der Waals surface area (Å²) in [5.41, 5.74) is 6.11. The van der Waals surface area contributed by atoms with E-state index in [4.69, 9.17) is 33.7 Å². The molecule has 0 aliphatic carbocycles. The summed E-state index contributed by atoms with van der Waals surface area (Å²) in [7, 11) is 0. The second kappa shape index (κ2) is 5.31. The van der Waals surface area contributed by atoms with E-state index >= 15 is 0 Å². The van der Waals surface area contributed by atoms with Gasteiger partial charge >= 0.3 is 0 Å². The summed E-state index contributed by atoms with van der Waals surface area (Å²) < 4.78 is 5.48. The molecule has 0 fully saturated rings. The van der Waals surface area contributed by atoms with Crippen molar-refractivity contribution in [3.63, 3.8) is 0 Å². The molecule has 0 bridgehead atoms. The average Bonchev–Trinajstić information content (AvgIpc) is 2.34. The summed E-state index contributed by atoms with van der Waals surface area (Å²) in [5.74, 6) is 0.911. The number of benzene rings is 1. The summed E-state index contributed by atoms with van der Waals surface area (Å²) in [6, 6.07) is 4.96. The summed E-state index contributed by atoms with van der Waals surface area (Å²) in [6.07, 6.45) is 3.09. The largest absolute Gasteiger partial charge is 0.437 e. The molecule has 2 aromatic rings. The van der Waals surface area contributed by atoms with E-state index in [0.29, 0.717) is 33.9 Å². The zero-order valence-corrected chi connectivity index (χ0v) is 10.2. The molecule has 2 rings (SSSR count). The molecular formula is C11H9Cl2N3O. The van der Waals surface area contributed by atoms with E-state index in [9.17, 15) is 0 Å². The molecule has 2 N–H and O–H groups in total. The van der Waals surface area contributed by atoms with Gasteiger partial charge in [-0.2, -0.15) is 0 Å². The molecule has 0 saturated heterocycles. The number of nitrogens with zero attached hydrogens (tertiary/aromatic N) is 2. The lowest BCUT2D eigenvalue weighted by Crippen LogP contribution is -2.01. The third-order valence-corrected chi connectivity index (χ3v) is 2.72. The van der Waals surface area contributed by atoms with Crippen LogP contribution in [0.2, 0.25) is 10.0 Å². The standard InChI is InChI=1S/C11H9Cl2N3O/c12-9-2-1-8(3-10(9)13)17-11-6-15-5-7(4-14)16-11/h1-3,5-6H,4,14H2. The van der Waals surface area contributed by atoms with Crippen LogP contribution in [0.4, 0.5) is 0 Å². The van der Waals surface area contributed by atoms with Gasteiger partial charge in [0.1, 0.15) is 5.75 Å².